The fourth-order valence-corrected chi connectivity index (χ4v) is 11.9. The number of carbonyl (C=O) groups excluding carboxylic acids is 2. The molecule has 10 heteroatoms. The molecule has 0 amide bonds. The number of hydrogen-bond acceptors (Lipinski definition) is 8. The Morgan fingerprint density at radius 3 is 0.921 bits per heavy atom. The van der Waals surface area contributed by atoms with Gasteiger partial charge in [0.1, 0.15) is 6.61 Å². The van der Waals surface area contributed by atoms with Crippen LogP contribution < -0.4 is 5.73 Å². The number of phosphoric ester groups is 1. The van der Waals surface area contributed by atoms with Crippen molar-refractivity contribution in [2.24, 2.45) is 5.73 Å². The average molecular weight is 1270 g/mol. The van der Waals surface area contributed by atoms with Gasteiger partial charge >= 0.3 is 19.8 Å². The Bertz CT molecular complexity index is 1740. The van der Waals surface area contributed by atoms with Crippen LogP contribution in [0, 0.1) is 0 Å². The zero-order valence-electron chi connectivity index (χ0n) is 58.4. The minimum absolute atomic E-state index is 0.0530. The van der Waals surface area contributed by atoms with E-state index >= 15 is 0 Å². The van der Waals surface area contributed by atoms with Crippen molar-refractivity contribution in [1.29, 1.82) is 0 Å². The van der Waals surface area contributed by atoms with Gasteiger partial charge in [0.05, 0.1) is 13.2 Å². The normalized spacial score (nSPS) is 13.3. The van der Waals surface area contributed by atoms with Gasteiger partial charge in [-0.1, -0.05) is 356 Å². The summed E-state index contributed by atoms with van der Waals surface area (Å²) in [5.41, 5.74) is 5.41. The number of unbranched alkanes of at least 4 members (excludes halogenated alkanes) is 45. The van der Waals surface area contributed by atoms with Gasteiger partial charge in [-0.2, -0.15) is 0 Å². The lowest BCUT2D eigenvalue weighted by Gasteiger charge is -2.19. The van der Waals surface area contributed by atoms with Crippen molar-refractivity contribution in [3.63, 3.8) is 0 Å². The molecule has 0 aliphatic heterocycles. The molecule has 0 aromatic carbocycles. The quantitative estimate of drug-likeness (QED) is 0.0264. The molecule has 0 aliphatic rings. The molecule has 0 saturated carbocycles. The van der Waals surface area contributed by atoms with Crippen LogP contribution in [0.3, 0.4) is 0 Å². The van der Waals surface area contributed by atoms with Crippen molar-refractivity contribution in [1.82, 2.24) is 0 Å². The second-order valence-corrected chi connectivity index (χ2v) is 26.9. The summed E-state index contributed by atoms with van der Waals surface area (Å²) in [5.74, 6) is -0.812. The van der Waals surface area contributed by atoms with E-state index in [1.165, 1.54) is 263 Å². The molecule has 0 spiro atoms. The third-order valence-electron chi connectivity index (χ3n) is 16.8. The van der Waals surface area contributed by atoms with Crippen molar-refractivity contribution in [2.45, 2.75) is 380 Å². The molecule has 0 aliphatic carbocycles. The van der Waals surface area contributed by atoms with Crippen LogP contribution in [0.15, 0.2) is 85.1 Å². The minimum atomic E-state index is -4.40. The van der Waals surface area contributed by atoms with Crippen LogP contribution in [-0.2, 0) is 32.7 Å². The number of ether oxygens (including phenoxy) is 2. The molecule has 0 bridgehead atoms. The number of hydrogen-bond donors (Lipinski definition) is 2. The first-order valence-corrected chi connectivity index (χ1v) is 39.6. The maximum Gasteiger partial charge on any atom is 0.472 e. The summed E-state index contributed by atoms with van der Waals surface area (Å²) >= 11 is 0. The summed E-state index contributed by atoms with van der Waals surface area (Å²) in [6, 6.07) is 0. The molecule has 9 nitrogen and oxygen atoms in total. The largest absolute Gasteiger partial charge is 0.472 e. The summed E-state index contributed by atoms with van der Waals surface area (Å²) in [7, 11) is -4.40. The van der Waals surface area contributed by atoms with Crippen LogP contribution in [0.1, 0.15) is 373 Å². The molecule has 0 saturated heterocycles. The number of carbonyl (C=O) groups is 2. The van der Waals surface area contributed by atoms with Crippen LogP contribution in [0.2, 0.25) is 0 Å². The number of allylic oxidation sites excluding steroid dienone is 14. The van der Waals surface area contributed by atoms with Crippen LogP contribution in [-0.4, -0.2) is 49.3 Å². The van der Waals surface area contributed by atoms with Crippen LogP contribution in [0.4, 0.5) is 0 Å². The van der Waals surface area contributed by atoms with Gasteiger partial charge in [0.25, 0.3) is 0 Å². The topological polar surface area (TPSA) is 134 Å². The second kappa shape index (κ2) is 74.2. The first-order chi connectivity index (χ1) is 43.8. The number of phosphoric acid groups is 1. The molecular formula is C79H144NO8P. The molecule has 2 atom stereocenters. The highest BCUT2D eigenvalue weighted by molar-refractivity contribution is 7.47. The Morgan fingerprint density at radius 1 is 0.348 bits per heavy atom. The van der Waals surface area contributed by atoms with Gasteiger partial charge < -0.3 is 20.1 Å². The van der Waals surface area contributed by atoms with Crippen molar-refractivity contribution >= 4 is 19.8 Å². The summed E-state index contributed by atoms with van der Waals surface area (Å²) in [5, 5.41) is 0. The third kappa shape index (κ3) is 74.1. The molecule has 3 N–H and O–H groups in total. The zero-order valence-corrected chi connectivity index (χ0v) is 59.3. The molecule has 0 radical (unpaired) electrons. The number of rotatable bonds is 72. The summed E-state index contributed by atoms with van der Waals surface area (Å²) in [6.45, 7) is 3.67. The highest BCUT2D eigenvalue weighted by Crippen LogP contribution is 2.43. The van der Waals surface area contributed by atoms with Crippen molar-refractivity contribution in [3.05, 3.63) is 85.1 Å². The lowest BCUT2D eigenvalue weighted by Crippen LogP contribution is -2.29. The Hall–Kier alpha value is -2.81. The van der Waals surface area contributed by atoms with Crippen molar-refractivity contribution < 1.29 is 37.6 Å². The molecule has 0 aromatic heterocycles. The minimum Gasteiger partial charge on any atom is -0.462 e. The highest BCUT2D eigenvalue weighted by Gasteiger charge is 2.26. The fourth-order valence-electron chi connectivity index (χ4n) is 11.2. The number of nitrogens with two attached hydrogens (primary N) is 1. The Balaban J connectivity index is 3.79. The molecule has 0 rings (SSSR count). The fraction of sp³-hybridized carbons (Fsp3) is 0.797. The Kier molecular flexibility index (Phi) is 71.9. The Labute approximate surface area is 551 Å². The van der Waals surface area contributed by atoms with Crippen molar-refractivity contribution in [2.75, 3.05) is 26.4 Å². The first kappa shape index (κ1) is 86.2. The first-order valence-electron chi connectivity index (χ1n) is 38.1. The lowest BCUT2D eigenvalue weighted by molar-refractivity contribution is -0.161. The van der Waals surface area contributed by atoms with E-state index in [0.29, 0.717) is 6.42 Å². The van der Waals surface area contributed by atoms with E-state index in [-0.39, 0.29) is 38.6 Å². The summed E-state index contributed by atoms with van der Waals surface area (Å²) < 4.78 is 33.2. The van der Waals surface area contributed by atoms with Gasteiger partial charge in [-0.3, -0.25) is 18.6 Å². The zero-order chi connectivity index (χ0) is 64.4. The molecule has 89 heavy (non-hydrogen) atoms. The maximum atomic E-state index is 12.8. The van der Waals surface area contributed by atoms with E-state index in [4.69, 9.17) is 24.3 Å². The lowest BCUT2D eigenvalue weighted by atomic mass is 10.0. The van der Waals surface area contributed by atoms with Crippen LogP contribution in [0.25, 0.3) is 0 Å². The van der Waals surface area contributed by atoms with E-state index in [9.17, 15) is 19.0 Å². The highest BCUT2D eigenvalue weighted by atomic mass is 31.2. The standard InChI is InChI=1S/C79H144NO8P/c1-3-5-7-9-11-13-15-17-19-21-23-25-27-29-31-33-35-36-37-38-39-40-42-43-45-47-49-51-53-55-57-59-61-63-65-67-69-71-78(81)85-75-77(76-87-89(83,84)86-74-73-80)88-79(82)72-70-68-66-64-62-60-58-56-54-52-50-48-46-44-41-34-32-30-28-26-24-22-20-18-16-14-12-10-8-6-4-2/h6,8,12,14-15,17-18,20-21,23-24,26,30,32,77H,3-5,7,9-11,13,16,19,22,25,27-29,31,33-76,80H2,1-2H3,(H,83,84)/b8-6-,14-12-,17-15-,20-18-,23-21-,26-24-,32-30-. The van der Waals surface area contributed by atoms with Gasteiger partial charge in [-0.25, -0.2) is 4.57 Å². The molecule has 0 heterocycles. The molecule has 0 fully saturated rings. The maximum absolute atomic E-state index is 12.8. The van der Waals surface area contributed by atoms with Crippen molar-refractivity contribution in [3.8, 4) is 0 Å². The third-order valence-corrected chi connectivity index (χ3v) is 17.7. The summed E-state index contributed by atoms with van der Waals surface area (Å²) in [4.78, 5) is 35.4. The van der Waals surface area contributed by atoms with E-state index < -0.39 is 26.5 Å². The van der Waals surface area contributed by atoms with Gasteiger partial charge in [0, 0.05) is 19.4 Å². The number of esters is 2. The van der Waals surface area contributed by atoms with E-state index in [1.54, 1.807) is 0 Å². The SMILES string of the molecule is CC/C=C\C/C=C\C/C=C\C/C=C\C/C=C\CCCCCCCCCCCCCCCCCC(=O)OC(COC(=O)CCCCCCCCCCCCCCCCCCCCCCCCCCC/C=C\C/C=C\CCCCCCC)COP(=O)(O)OCCN. The second-order valence-electron chi connectivity index (χ2n) is 25.5. The van der Waals surface area contributed by atoms with Gasteiger partial charge in [-0.05, 0) is 89.9 Å². The smallest absolute Gasteiger partial charge is 0.462 e. The predicted molar refractivity (Wildman–Crippen MR) is 386 cm³/mol. The Morgan fingerprint density at radius 2 is 0.618 bits per heavy atom. The van der Waals surface area contributed by atoms with E-state index in [1.807, 2.05) is 0 Å². The predicted octanol–water partition coefficient (Wildman–Crippen LogP) is 25.3. The van der Waals surface area contributed by atoms with Gasteiger partial charge in [0.2, 0.25) is 0 Å². The van der Waals surface area contributed by atoms with Gasteiger partial charge in [0.15, 0.2) is 6.10 Å². The monoisotopic (exact) mass is 1270 g/mol. The average Bonchev–Trinajstić information content (AvgIpc) is 3.68. The van der Waals surface area contributed by atoms with E-state index in [2.05, 4.69) is 98.9 Å². The van der Waals surface area contributed by atoms with Crippen LogP contribution in [0.5, 0.6) is 0 Å². The molecular weight excluding hydrogens is 1120 g/mol. The van der Waals surface area contributed by atoms with Crippen LogP contribution >= 0.6 is 7.82 Å². The van der Waals surface area contributed by atoms with E-state index in [0.717, 1.165) is 77.0 Å². The molecule has 518 valence electrons. The molecule has 2 unspecified atom stereocenters. The summed E-state index contributed by atoms with van der Waals surface area (Å²) in [6.07, 6.45) is 99.9. The van der Waals surface area contributed by atoms with Gasteiger partial charge in [-0.15, -0.1) is 0 Å². The molecule has 0 aromatic rings.